The lowest BCUT2D eigenvalue weighted by molar-refractivity contribution is 0.578. The first kappa shape index (κ1) is 13.1. The first-order valence-corrected chi connectivity index (χ1v) is 7.25. The molecule has 0 saturated heterocycles. The van der Waals surface area contributed by atoms with E-state index in [4.69, 9.17) is 5.73 Å². The molecule has 0 saturated carbocycles. The third-order valence-electron chi connectivity index (χ3n) is 2.88. The Morgan fingerprint density at radius 2 is 2.00 bits per heavy atom. The summed E-state index contributed by atoms with van der Waals surface area (Å²) in [5, 5.41) is 9.33. The van der Waals surface area contributed by atoms with E-state index in [1.54, 1.807) is 11.8 Å². The van der Waals surface area contributed by atoms with Crippen molar-refractivity contribution in [3.05, 3.63) is 41.7 Å². The SMILES string of the molecule is CCC(N)c1nnc(SC)n1Cc1ccccc1. The van der Waals surface area contributed by atoms with Gasteiger partial charge in [0.2, 0.25) is 0 Å². The van der Waals surface area contributed by atoms with E-state index < -0.39 is 0 Å². The number of nitrogens with zero attached hydrogens (tertiary/aromatic N) is 3. The third kappa shape index (κ3) is 2.73. The molecule has 0 amide bonds. The predicted molar refractivity (Wildman–Crippen MR) is 74.6 cm³/mol. The molecule has 1 atom stereocenters. The zero-order chi connectivity index (χ0) is 13.0. The summed E-state index contributed by atoms with van der Waals surface area (Å²) in [4.78, 5) is 0. The van der Waals surface area contributed by atoms with Crippen molar-refractivity contribution >= 4 is 11.8 Å². The molecule has 0 aliphatic heterocycles. The van der Waals surface area contributed by atoms with Gasteiger partial charge in [0.15, 0.2) is 11.0 Å². The number of hydrogen-bond acceptors (Lipinski definition) is 4. The highest BCUT2D eigenvalue weighted by atomic mass is 32.2. The lowest BCUT2D eigenvalue weighted by atomic mass is 10.2. The van der Waals surface area contributed by atoms with Crippen LogP contribution >= 0.6 is 11.8 Å². The van der Waals surface area contributed by atoms with Crippen LogP contribution in [-0.4, -0.2) is 21.0 Å². The molecule has 2 N–H and O–H groups in total. The molecular weight excluding hydrogens is 244 g/mol. The minimum Gasteiger partial charge on any atom is -0.321 e. The smallest absolute Gasteiger partial charge is 0.191 e. The molecule has 2 aromatic rings. The van der Waals surface area contributed by atoms with Crippen LogP contribution in [0.2, 0.25) is 0 Å². The first-order valence-electron chi connectivity index (χ1n) is 6.02. The van der Waals surface area contributed by atoms with Crippen LogP contribution in [0.1, 0.15) is 30.8 Å². The molecule has 0 fully saturated rings. The zero-order valence-electron chi connectivity index (χ0n) is 10.7. The highest BCUT2D eigenvalue weighted by molar-refractivity contribution is 7.98. The van der Waals surface area contributed by atoms with Gasteiger partial charge in [-0.3, -0.25) is 0 Å². The molecule has 4 nitrogen and oxygen atoms in total. The summed E-state index contributed by atoms with van der Waals surface area (Å²) in [6, 6.07) is 10.2. The van der Waals surface area contributed by atoms with Gasteiger partial charge in [-0.05, 0) is 18.2 Å². The van der Waals surface area contributed by atoms with Crippen LogP contribution in [0, 0.1) is 0 Å². The van der Waals surface area contributed by atoms with E-state index in [-0.39, 0.29) is 6.04 Å². The lowest BCUT2D eigenvalue weighted by Gasteiger charge is -2.12. The van der Waals surface area contributed by atoms with Crippen molar-refractivity contribution in [1.82, 2.24) is 14.8 Å². The first-order chi connectivity index (χ1) is 8.76. The van der Waals surface area contributed by atoms with Crippen molar-refractivity contribution < 1.29 is 0 Å². The second-order valence-corrected chi connectivity index (χ2v) is 4.90. The number of thioether (sulfide) groups is 1. The number of benzene rings is 1. The molecule has 0 bridgehead atoms. The maximum Gasteiger partial charge on any atom is 0.191 e. The fourth-order valence-electron chi connectivity index (χ4n) is 1.82. The average Bonchev–Trinajstić information content (AvgIpc) is 2.82. The van der Waals surface area contributed by atoms with E-state index in [2.05, 4.69) is 33.8 Å². The molecular formula is C13H18N4S. The van der Waals surface area contributed by atoms with Crippen molar-refractivity contribution in [2.24, 2.45) is 5.73 Å². The third-order valence-corrected chi connectivity index (χ3v) is 3.55. The summed E-state index contributed by atoms with van der Waals surface area (Å²) in [7, 11) is 0. The van der Waals surface area contributed by atoms with Crippen LogP contribution < -0.4 is 5.73 Å². The number of hydrogen-bond donors (Lipinski definition) is 1. The van der Waals surface area contributed by atoms with Crippen LogP contribution in [0.15, 0.2) is 35.5 Å². The summed E-state index contributed by atoms with van der Waals surface area (Å²) < 4.78 is 2.11. The zero-order valence-corrected chi connectivity index (χ0v) is 11.5. The summed E-state index contributed by atoms with van der Waals surface area (Å²) in [5.74, 6) is 0.866. The topological polar surface area (TPSA) is 56.7 Å². The van der Waals surface area contributed by atoms with Crippen molar-refractivity contribution in [3.63, 3.8) is 0 Å². The standard InChI is InChI=1S/C13H18N4S/c1-3-11(14)12-15-16-13(18-2)17(12)9-10-7-5-4-6-8-10/h4-8,11H,3,9,14H2,1-2H3. The van der Waals surface area contributed by atoms with Gasteiger partial charge in [-0.2, -0.15) is 0 Å². The van der Waals surface area contributed by atoms with E-state index >= 15 is 0 Å². The molecule has 2 rings (SSSR count). The van der Waals surface area contributed by atoms with Gasteiger partial charge in [-0.1, -0.05) is 49.0 Å². The second-order valence-electron chi connectivity index (χ2n) is 4.13. The number of rotatable bonds is 5. The van der Waals surface area contributed by atoms with Crippen LogP contribution in [0.25, 0.3) is 0 Å². The Balaban J connectivity index is 2.32. The van der Waals surface area contributed by atoms with E-state index in [0.29, 0.717) is 0 Å². The van der Waals surface area contributed by atoms with E-state index in [0.717, 1.165) is 23.9 Å². The molecule has 96 valence electrons. The highest BCUT2D eigenvalue weighted by Crippen LogP contribution is 2.20. The van der Waals surface area contributed by atoms with Crippen molar-refractivity contribution in [1.29, 1.82) is 0 Å². The van der Waals surface area contributed by atoms with Crippen LogP contribution in [0.3, 0.4) is 0 Å². The minimum atomic E-state index is -0.0536. The number of aromatic nitrogens is 3. The quantitative estimate of drug-likeness (QED) is 0.841. The normalized spacial score (nSPS) is 12.6. The molecule has 0 aliphatic carbocycles. The van der Waals surface area contributed by atoms with E-state index in [1.165, 1.54) is 5.56 Å². The van der Waals surface area contributed by atoms with Gasteiger partial charge in [0.1, 0.15) is 0 Å². The highest BCUT2D eigenvalue weighted by Gasteiger charge is 2.16. The maximum absolute atomic E-state index is 6.08. The van der Waals surface area contributed by atoms with Gasteiger partial charge in [0, 0.05) is 0 Å². The Bertz CT molecular complexity index is 495. The lowest BCUT2D eigenvalue weighted by Crippen LogP contribution is -2.17. The van der Waals surface area contributed by atoms with Crippen molar-refractivity contribution in [2.45, 2.75) is 31.1 Å². The largest absolute Gasteiger partial charge is 0.321 e. The van der Waals surface area contributed by atoms with Gasteiger partial charge in [0.05, 0.1) is 12.6 Å². The molecule has 1 heterocycles. The molecule has 1 unspecified atom stereocenters. The van der Waals surface area contributed by atoms with Gasteiger partial charge >= 0.3 is 0 Å². The summed E-state index contributed by atoms with van der Waals surface area (Å²) >= 11 is 1.60. The molecule has 5 heteroatoms. The van der Waals surface area contributed by atoms with Crippen LogP contribution in [-0.2, 0) is 6.54 Å². The Kier molecular flexibility index (Phi) is 4.38. The Morgan fingerprint density at radius 3 is 2.61 bits per heavy atom. The maximum atomic E-state index is 6.08. The molecule has 0 spiro atoms. The van der Waals surface area contributed by atoms with Crippen molar-refractivity contribution in [3.8, 4) is 0 Å². The van der Waals surface area contributed by atoms with Gasteiger partial charge in [-0.15, -0.1) is 10.2 Å². The molecule has 0 aliphatic rings. The molecule has 18 heavy (non-hydrogen) atoms. The van der Waals surface area contributed by atoms with Gasteiger partial charge < -0.3 is 10.3 Å². The average molecular weight is 262 g/mol. The van der Waals surface area contributed by atoms with E-state index in [9.17, 15) is 0 Å². The predicted octanol–water partition coefficient (Wildman–Crippen LogP) is 2.46. The monoisotopic (exact) mass is 262 g/mol. The van der Waals surface area contributed by atoms with Gasteiger partial charge in [0.25, 0.3) is 0 Å². The summed E-state index contributed by atoms with van der Waals surface area (Å²) in [5.41, 5.74) is 7.32. The Labute approximate surface area is 112 Å². The fourth-order valence-corrected chi connectivity index (χ4v) is 2.32. The van der Waals surface area contributed by atoms with E-state index in [1.807, 2.05) is 24.5 Å². The summed E-state index contributed by atoms with van der Waals surface area (Å²) in [6.07, 6.45) is 2.87. The Hall–Kier alpha value is -1.33. The fraction of sp³-hybridized carbons (Fsp3) is 0.385. The van der Waals surface area contributed by atoms with Crippen molar-refractivity contribution in [2.75, 3.05) is 6.26 Å². The van der Waals surface area contributed by atoms with Crippen LogP contribution in [0.5, 0.6) is 0 Å². The van der Waals surface area contributed by atoms with Crippen LogP contribution in [0.4, 0.5) is 0 Å². The molecule has 0 radical (unpaired) electrons. The summed E-state index contributed by atoms with van der Waals surface area (Å²) in [6.45, 7) is 2.83. The Morgan fingerprint density at radius 1 is 1.28 bits per heavy atom. The number of nitrogens with two attached hydrogens (primary N) is 1. The minimum absolute atomic E-state index is 0.0536. The second kappa shape index (κ2) is 6.02. The molecule has 1 aromatic heterocycles. The molecule has 1 aromatic carbocycles. The van der Waals surface area contributed by atoms with Gasteiger partial charge in [-0.25, -0.2) is 0 Å².